The van der Waals surface area contributed by atoms with Gasteiger partial charge in [-0.3, -0.25) is 0 Å². The largest absolute Gasteiger partial charge is 0.467 e. The molecule has 0 amide bonds. The van der Waals surface area contributed by atoms with E-state index >= 15 is 0 Å². The summed E-state index contributed by atoms with van der Waals surface area (Å²) >= 11 is 0. The van der Waals surface area contributed by atoms with Crippen molar-refractivity contribution in [1.29, 1.82) is 0 Å². The van der Waals surface area contributed by atoms with Gasteiger partial charge in [-0.05, 0) is 54.9 Å². The number of nitrogen functional groups attached to an aromatic ring is 1. The van der Waals surface area contributed by atoms with Gasteiger partial charge in [0.05, 0.1) is 12.2 Å². The molecule has 2 saturated carbocycles. The van der Waals surface area contributed by atoms with E-state index in [4.69, 9.17) is 19.9 Å². The van der Waals surface area contributed by atoms with Gasteiger partial charge in [-0.1, -0.05) is 6.07 Å². The molecule has 2 N–H and O–H groups in total. The fraction of sp³-hybridized carbons (Fsp3) is 0.500. The molecule has 5 rings (SSSR count). The number of hydrogen-bond acceptors (Lipinski definition) is 6. The molecule has 0 saturated heterocycles. The molecule has 2 heterocycles. The van der Waals surface area contributed by atoms with E-state index < -0.39 is 0 Å². The molecule has 136 valence electrons. The van der Waals surface area contributed by atoms with Crippen molar-refractivity contribution in [3.63, 3.8) is 0 Å². The highest BCUT2D eigenvalue weighted by Crippen LogP contribution is 2.49. The Bertz CT molecular complexity index is 860. The standard InChI is InChI=1S/C20H23N3O3/c1-24-11-25-17-8-13(12-2-3-12)4-5-14(17)18-15-9-20(6-7-20)26-10-16(15)19(21)23-22-18/h4-5,8,12H,2-3,6-7,9-11H2,1H3,(H2,21,23). The van der Waals surface area contributed by atoms with Crippen molar-refractivity contribution >= 4 is 5.82 Å². The number of aromatic nitrogens is 2. The Hall–Kier alpha value is -2.18. The molecule has 1 aromatic carbocycles. The van der Waals surface area contributed by atoms with Crippen LogP contribution in [0.4, 0.5) is 5.82 Å². The van der Waals surface area contributed by atoms with Crippen molar-refractivity contribution in [1.82, 2.24) is 10.2 Å². The third-order valence-electron chi connectivity index (χ3n) is 5.69. The second kappa shape index (κ2) is 5.93. The summed E-state index contributed by atoms with van der Waals surface area (Å²) in [6.07, 6.45) is 5.54. The van der Waals surface area contributed by atoms with Crippen LogP contribution >= 0.6 is 0 Å². The number of hydrogen-bond donors (Lipinski definition) is 1. The number of nitrogens with zero attached hydrogens (tertiary/aromatic N) is 2. The summed E-state index contributed by atoms with van der Waals surface area (Å²) < 4.78 is 17.1. The molecule has 0 unspecified atom stereocenters. The van der Waals surface area contributed by atoms with Crippen molar-refractivity contribution in [2.24, 2.45) is 0 Å². The minimum atomic E-state index is -0.0152. The van der Waals surface area contributed by atoms with Crippen LogP contribution in [-0.2, 0) is 22.5 Å². The van der Waals surface area contributed by atoms with Gasteiger partial charge >= 0.3 is 0 Å². The van der Waals surface area contributed by atoms with Crippen LogP contribution in [0, 0.1) is 0 Å². The maximum Gasteiger partial charge on any atom is 0.188 e. The number of ether oxygens (including phenoxy) is 3. The predicted octanol–water partition coefficient (Wildman–Crippen LogP) is 3.19. The first-order valence-electron chi connectivity index (χ1n) is 9.23. The monoisotopic (exact) mass is 353 g/mol. The van der Waals surface area contributed by atoms with Crippen molar-refractivity contribution in [3.05, 3.63) is 34.9 Å². The summed E-state index contributed by atoms with van der Waals surface area (Å²) in [5, 5.41) is 8.65. The molecule has 6 nitrogen and oxygen atoms in total. The molecule has 3 aliphatic rings. The van der Waals surface area contributed by atoms with Crippen molar-refractivity contribution < 1.29 is 14.2 Å². The van der Waals surface area contributed by atoms with Crippen molar-refractivity contribution in [2.75, 3.05) is 19.6 Å². The minimum Gasteiger partial charge on any atom is -0.467 e. The Kier molecular flexibility index (Phi) is 3.65. The van der Waals surface area contributed by atoms with Crippen LogP contribution in [0.15, 0.2) is 18.2 Å². The van der Waals surface area contributed by atoms with Gasteiger partial charge in [0, 0.05) is 24.7 Å². The molecule has 26 heavy (non-hydrogen) atoms. The normalized spacial score (nSPS) is 20.0. The van der Waals surface area contributed by atoms with Gasteiger partial charge in [0.2, 0.25) is 0 Å². The van der Waals surface area contributed by atoms with Gasteiger partial charge in [0.1, 0.15) is 11.4 Å². The molecule has 0 atom stereocenters. The molecular formula is C20H23N3O3. The fourth-order valence-corrected chi connectivity index (χ4v) is 3.80. The summed E-state index contributed by atoms with van der Waals surface area (Å²) in [6.45, 7) is 0.719. The first-order chi connectivity index (χ1) is 12.7. The van der Waals surface area contributed by atoms with Gasteiger partial charge in [-0.2, -0.15) is 0 Å². The summed E-state index contributed by atoms with van der Waals surface area (Å²) in [6, 6.07) is 6.42. The lowest BCUT2D eigenvalue weighted by atomic mass is 9.93. The maximum absolute atomic E-state index is 6.08. The highest BCUT2D eigenvalue weighted by atomic mass is 16.7. The van der Waals surface area contributed by atoms with E-state index in [-0.39, 0.29) is 12.4 Å². The average molecular weight is 353 g/mol. The smallest absolute Gasteiger partial charge is 0.188 e. The summed E-state index contributed by atoms with van der Waals surface area (Å²) in [4.78, 5) is 0. The number of anilines is 1. The molecule has 1 aromatic heterocycles. The van der Waals surface area contributed by atoms with Crippen LogP contribution in [0.25, 0.3) is 11.3 Å². The Morgan fingerprint density at radius 1 is 1.23 bits per heavy atom. The van der Waals surface area contributed by atoms with E-state index in [1.54, 1.807) is 7.11 Å². The second-order valence-electron chi connectivity index (χ2n) is 7.62. The summed E-state index contributed by atoms with van der Waals surface area (Å²) in [5.41, 5.74) is 11.3. The third kappa shape index (κ3) is 2.73. The topological polar surface area (TPSA) is 79.5 Å². The second-order valence-corrected chi connectivity index (χ2v) is 7.62. The van der Waals surface area contributed by atoms with Gasteiger partial charge in [-0.15, -0.1) is 10.2 Å². The predicted molar refractivity (Wildman–Crippen MR) is 96.8 cm³/mol. The van der Waals surface area contributed by atoms with Gasteiger partial charge in [0.15, 0.2) is 12.6 Å². The minimum absolute atomic E-state index is 0.0152. The Balaban J connectivity index is 1.61. The average Bonchev–Trinajstić information content (AvgIpc) is 3.57. The van der Waals surface area contributed by atoms with Crippen molar-refractivity contribution in [3.8, 4) is 17.0 Å². The maximum atomic E-state index is 6.08. The van der Waals surface area contributed by atoms with E-state index in [0.717, 1.165) is 47.4 Å². The molecule has 0 bridgehead atoms. The quantitative estimate of drug-likeness (QED) is 0.832. The van der Waals surface area contributed by atoms with Crippen LogP contribution in [0.3, 0.4) is 0 Å². The molecule has 1 aliphatic heterocycles. The molecular weight excluding hydrogens is 330 g/mol. The number of nitrogens with two attached hydrogens (primary N) is 1. The van der Waals surface area contributed by atoms with Crippen LogP contribution in [0.5, 0.6) is 5.75 Å². The molecule has 2 fully saturated rings. The van der Waals surface area contributed by atoms with Crippen LogP contribution in [-0.4, -0.2) is 29.7 Å². The molecule has 2 aliphatic carbocycles. The number of rotatable bonds is 5. The Labute approximate surface area is 152 Å². The van der Waals surface area contributed by atoms with Gasteiger partial charge in [0.25, 0.3) is 0 Å². The van der Waals surface area contributed by atoms with Gasteiger partial charge < -0.3 is 19.9 Å². The zero-order chi connectivity index (χ0) is 17.7. The highest BCUT2D eigenvalue weighted by molar-refractivity contribution is 5.73. The van der Waals surface area contributed by atoms with E-state index in [2.05, 4.69) is 28.4 Å². The Morgan fingerprint density at radius 2 is 2.08 bits per heavy atom. The van der Waals surface area contributed by atoms with E-state index in [1.165, 1.54) is 18.4 Å². The molecule has 0 radical (unpaired) electrons. The lowest BCUT2D eigenvalue weighted by Crippen LogP contribution is -2.26. The van der Waals surface area contributed by atoms with Crippen LogP contribution in [0.2, 0.25) is 0 Å². The van der Waals surface area contributed by atoms with Crippen LogP contribution < -0.4 is 10.5 Å². The molecule has 6 heteroatoms. The first kappa shape index (κ1) is 16.0. The Morgan fingerprint density at radius 3 is 2.81 bits per heavy atom. The van der Waals surface area contributed by atoms with Gasteiger partial charge in [-0.25, -0.2) is 0 Å². The van der Waals surface area contributed by atoms with Crippen LogP contribution in [0.1, 0.15) is 48.3 Å². The van der Waals surface area contributed by atoms with E-state index in [1.807, 2.05) is 0 Å². The van der Waals surface area contributed by atoms with E-state index in [9.17, 15) is 0 Å². The lowest BCUT2D eigenvalue weighted by Gasteiger charge is -2.27. The number of fused-ring (bicyclic) bond motifs is 1. The van der Waals surface area contributed by atoms with Crippen molar-refractivity contribution in [2.45, 2.75) is 50.2 Å². The molecule has 1 spiro atoms. The van der Waals surface area contributed by atoms with E-state index in [0.29, 0.717) is 18.3 Å². The zero-order valence-electron chi connectivity index (χ0n) is 15.0. The molecule has 2 aromatic rings. The SMILES string of the molecule is COCOc1cc(C2CC2)ccc1-c1nnc(N)c2c1CC1(CC1)OC2. The highest BCUT2D eigenvalue weighted by Gasteiger charge is 2.48. The third-order valence-corrected chi connectivity index (χ3v) is 5.69. The fourth-order valence-electron chi connectivity index (χ4n) is 3.80. The summed E-state index contributed by atoms with van der Waals surface area (Å²) in [7, 11) is 1.63. The lowest BCUT2D eigenvalue weighted by molar-refractivity contribution is 0.00836. The number of methoxy groups -OCH3 is 1. The zero-order valence-corrected chi connectivity index (χ0v) is 15.0. The first-order valence-corrected chi connectivity index (χ1v) is 9.23. The summed E-state index contributed by atoms with van der Waals surface area (Å²) in [5.74, 6) is 1.92. The number of benzene rings is 1.